The van der Waals surface area contributed by atoms with Gasteiger partial charge in [-0.25, -0.2) is 4.79 Å². The van der Waals surface area contributed by atoms with Gasteiger partial charge in [-0.1, -0.05) is 53.7 Å². The average molecular weight is 382 g/mol. The van der Waals surface area contributed by atoms with E-state index in [2.05, 4.69) is 34.7 Å². The maximum atomic E-state index is 12.3. The molecule has 0 spiro atoms. The summed E-state index contributed by atoms with van der Waals surface area (Å²) in [5.74, 6) is -0.00562. The molecule has 2 aromatic carbocycles. The number of fused-ring (bicyclic) bond motifs is 3. The van der Waals surface area contributed by atoms with Gasteiger partial charge < -0.3 is 20.0 Å². The van der Waals surface area contributed by atoms with Crippen molar-refractivity contribution in [3.05, 3.63) is 59.7 Å². The smallest absolute Gasteiger partial charge is 0.407 e. The largest absolute Gasteiger partial charge is 0.449 e. The SMILES string of the molecule is CC(C)(C)OC[C@H](/C=N/O)NC(=O)OCC1c2ccccc2-c2ccccc21. The number of ether oxygens (including phenoxy) is 2. The molecule has 28 heavy (non-hydrogen) atoms. The zero-order valence-corrected chi connectivity index (χ0v) is 16.4. The Hall–Kier alpha value is -2.86. The maximum Gasteiger partial charge on any atom is 0.407 e. The van der Waals surface area contributed by atoms with E-state index in [9.17, 15) is 4.79 Å². The van der Waals surface area contributed by atoms with Crippen LogP contribution < -0.4 is 5.32 Å². The van der Waals surface area contributed by atoms with Gasteiger partial charge in [-0.15, -0.1) is 0 Å². The number of carbonyl (C=O) groups is 1. The molecule has 1 aliphatic rings. The molecule has 0 aliphatic heterocycles. The van der Waals surface area contributed by atoms with E-state index in [1.165, 1.54) is 17.3 Å². The lowest BCUT2D eigenvalue weighted by molar-refractivity contribution is -0.00681. The van der Waals surface area contributed by atoms with E-state index in [1.54, 1.807) is 0 Å². The molecule has 0 saturated heterocycles. The van der Waals surface area contributed by atoms with Gasteiger partial charge in [0.25, 0.3) is 0 Å². The van der Waals surface area contributed by atoms with E-state index in [0.717, 1.165) is 11.1 Å². The first-order chi connectivity index (χ1) is 13.4. The highest BCUT2D eigenvalue weighted by Crippen LogP contribution is 2.44. The molecular weight excluding hydrogens is 356 g/mol. The Kier molecular flexibility index (Phi) is 5.99. The van der Waals surface area contributed by atoms with Crippen LogP contribution in [0.3, 0.4) is 0 Å². The fourth-order valence-electron chi connectivity index (χ4n) is 3.33. The standard InChI is InChI=1S/C22H26N2O4/c1-22(2,3)28-13-15(12-23-26)24-21(25)27-14-20-18-10-6-4-8-16(18)17-9-5-7-11-19(17)20/h4-12,15,20,26H,13-14H2,1-3H3,(H,24,25)/b23-12+/t15-/m0/s1. The lowest BCUT2D eigenvalue weighted by atomic mass is 9.98. The Morgan fingerprint density at radius 1 is 1.14 bits per heavy atom. The van der Waals surface area contributed by atoms with Crippen LogP contribution in [0.5, 0.6) is 0 Å². The number of oxime groups is 1. The van der Waals surface area contributed by atoms with Crippen LogP contribution in [0.15, 0.2) is 53.7 Å². The molecule has 0 aromatic heterocycles. The van der Waals surface area contributed by atoms with Crippen molar-refractivity contribution in [3.63, 3.8) is 0 Å². The zero-order valence-electron chi connectivity index (χ0n) is 16.4. The zero-order chi connectivity index (χ0) is 20.1. The van der Waals surface area contributed by atoms with Gasteiger partial charge in [-0.05, 0) is 43.0 Å². The molecule has 148 valence electrons. The summed E-state index contributed by atoms with van der Waals surface area (Å²) in [5.41, 5.74) is 4.29. The number of nitrogens with one attached hydrogen (secondary N) is 1. The predicted molar refractivity (Wildman–Crippen MR) is 108 cm³/mol. The van der Waals surface area contributed by atoms with E-state index in [1.807, 2.05) is 45.0 Å². The average Bonchev–Trinajstić information content (AvgIpc) is 2.98. The van der Waals surface area contributed by atoms with E-state index in [4.69, 9.17) is 14.7 Å². The van der Waals surface area contributed by atoms with Crippen LogP contribution in [-0.4, -0.2) is 42.4 Å². The number of alkyl carbamates (subject to hydrolysis) is 1. The van der Waals surface area contributed by atoms with Crippen molar-refractivity contribution < 1.29 is 19.5 Å². The van der Waals surface area contributed by atoms with Gasteiger partial charge in [0, 0.05) is 5.92 Å². The number of hydrogen-bond donors (Lipinski definition) is 2. The third kappa shape index (κ3) is 4.70. The first-order valence-corrected chi connectivity index (χ1v) is 9.32. The third-order valence-electron chi connectivity index (χ3n) is 4.59. The van der Waals surface area contributed by atoms with Gasteiger partial charge in [0.2, 0.25) is 0 Å². The lowest BCUT2D eigenvalue weighted by Gasteiger charge is -2.23. The molecule has 0 unspecified atom stereocenters. The molecule has 6 heteroatoms. The second kappa shape index (κ2) is 8.44. The Bertz CT molecular complexity index is 812. The van der Waals surface area contributed by atoms with E-state index < -0.39 is 12.1 Å². The Labute approximate surface area is 165 Å². The third-order valence-corrected chi connectivity index (χ3v) is 4.59. The Morgan fingerprint density at radius 3 is 2.25 bits per heavy atom. The fourth-order valence-corrected chi connectivity index (χ4v) is 3.33. The van der Waals surface area contributed by atoms with Gasteiger partial charge in [0.1, 0.15) is 6.61 Å². The summed E-state index contributed by atoms with van der Waals surface area (Å²) in [6.45, 7) is 6.13. The highest BCUT2D eigenvalue weighted by atomic mass is 16.5. The van der Waals surface area contributed by atoms with Crippen molar-refractivity contribution in [3.8, 4) is 11.1 Å². The number of carbonyl (C=O) groups excluding carboxylic acids is 1. The molecule has 6 nitrogen and oxygen atoms in total. The molecule has 0 bridgehead atoms. The van der Waals surface area contributed by atoms with Gasteiger partial charge in [0.05, 0.1) is 24.5 Å². The molecule has 1 aliphatic carbocycles. The van der Waals surface area contributed by atoms with Crippen LogP contribution >= 0.6 is 0 Å². The Morgan fingerprint density at radius 2 is 1.71 bits per heavy atom. The quantitative estimate of drug-likeness (QED) is 0.446. The van der Waals surface area contributed by atoms with Crippen LogP contribution in [0.25, 0.3) is 11.1 Å². The molecule has 2 N–H and O–H groups in total. The molecule has 2 aromatic rings. The summed E-state index contributed by atoms with van der Waals surface area (Å²) < 4.78 is 11.1. The van der Waals surface area contributed by atoms with Crippen LogP contribution in [0, 0.1) is 0 Å². The number of amides is 1. The highest BCUT2D eigenvalue weighted by molar-refractivity contribution is 5.79. The van der Waals surface area contributed by atoms with Crippen molar-refractivity contribution >= 4 is 12.3 Å². The molecule has 0 saturated carbocycles. The van der Waals surface area contributed by atoms with E-state index in [-0.39, 0.29) is 24.7 Å². The summed E-state index contributed by atoms with van der Waals surface area (Å²) in [6, 6.07) is 15.8. The van der Waals surface area contributed by atoms with E-state index >= 15 is 0 Å². The number of nitrogens with zero attached hydrogens (tertiary/aromatic N) is 1. The van der Waals surface area contributed by atoms with Crippen molar-refractivity contribution in [2.75, 3.05) is 13.2 Å². The molecule has 1 amide bonds. The topological polar surface area (TPSA) is 80.2 Å². The normalized spacial score (nSPS) is 14.5. The van der Waals surface area contributed by atoms with Gasteiger partial charge in [-0.2, -0.15) is 0 Å². The molecule has 1 atom stereocenters. The molecular formula is C22H26N2O4. The molecule has 3 rings (SSSR count). The number of hydrogen-bond acceptors (Lipinski definition) is 5. The predicted octanol–water partition coefficient (Wildman–Crippen LogP) is 4.17. The fraction of sp³-hybridized carbons (Fsp3) is 0.364. The monoisotopic (exact) mass is 382 g/mol. The number of benzene rings is 2. The first kappa shape index (κ1) is 19.9. The van der Waals surface area contributed by atoms with Crippen molar-refractivity contribution in [1.29, 1.82) is 0 Å². The van der Waals surface area contributed by atoms with Crippen LogP contribution in [0.4, 0.5) is 4.79 Å². The molecule has 0 fully saturated rings. The van der Waals surface area contributed by atoms with Crippen molar-refractivity contribution in [2.45, 2.75) is 38.3 Å². The molecule has 0 heterocycles. The minimum absolute atomic E-state index is 0.00562. The van der Waals surface area contributed by atoms with Gasteiger partial charge in [0.15, 0.2) is 0 Å². The minimum atomic E-state index is -0.583. The van der Waals surface area contributed by atoms with Crippen LogP contribution in [-0.2, 0) is 9.47 Å². The first-order valence-electron chi connectivity index (χ1n) is 9.32. The van der Waals surface area contributed by atoms with Crippen molar-refractivity contribution in [1.82, 2.24) is 5.32 Å². The summed E-state index contributed by atoms with van der Waals surface area (Å²) in [7, 11) is 0. The summed E-state index contributed by atoms with van der Waals surface area (Å²) in [6.07, 6.45) is 0.636. The highest BCUT2D eigenvalue weighted by Gasteiger charge is 2.29. The Balaban J connectivity index is 1.64. The lowest BCUT2D eigenvalue weighted by Crippen LogP contribution is -2.42. The number of rotatable bonds is 6. The maximum absolute atomic E-state index is 12.3. The van der Waals surface area contributed by atoms with Crippen molar-refractivity contribution in [2.24, 2.45) is 5.16 Å². The van der Waals surface area contributed by atoms with Gasteiger partial charge >= 0.3 is 6.09 Å². The second-order valence-corrected chi connectivity index (χ2v) is 7.76. The van der Waals surface area contributed by atoms with Gasteiger partial charge in [-0.3, -0.25) is 0 Å². The van der Waals surface area contributed by atoms with E-state index in [0.29, 0.717) is 0 Å². The van der Waals surface area contributed by atoms with Crippen LogP contribution in [0.1, 0.15) is 37.8 Å². The summed E-state index contributed by atoms with van der Waals surface area (Å²) in [5, 5.41) is 14.5. The summed E-state index contributed by atoms with van der Waals surface area (Å²) >= 11 is 0. The van der Waals surface area contributed by atoms with Crippen LogP contribution in [0.2, 0.25) is 0 Å². The summed E-state index contributed by atoms with van der Waals surface area (Å²) in [4.78, 5) is 12.3. The second-order valence-electron chi connectivity index (χ2n) is 7.76. The minimum Gasteiger partial charge on any atom is -0.449 e. The molecule has 0 radical (unpaired) electrons.